The minimum absolute atomic E-state index is 0.234. The summed E-state index contributed by atoms with van der Waals surface area (Å²) in [6, 6.07) is 0. The highest BCUT2D eigenvalue weighted by Gasteiger charge is 2.17. The number of hydrogen-bond donors (Lipinski definition) is 1. The molecule has 1 N–H and O–H groups in total. The van der Waals surface area contributed by atoms with Crippen molar-refractivity contribution in [2.75, 3.05) is 13.6 Å². The van der Waals surface area contributed by atoms with Gasteiger partial charge in [0.2, 0.25) is 0 Å². The van der Waals surface area contributed by atoms with Crippen LogP contribution in [0.3, 0.4) is 0 Å². The van der Waals surface area contributed by atoms with Crippen LogP contribution in [-0.4, -0.2) is 43.1 Å². The molecular formula is C13H16N6OS. The van der Waals surface area contributed by atoms with Gasteiger partial charge in [-0.2, -0.15) is 8.75 Å². The molecule has 0 aliphatic carbocycles. The Hall–Kier alpha value is -1.93. The zero-order chi connectivity index (χ0) is 14.8. The highest BCUT2D eigenvalue weighted by Crippen LogP contribution is 2.14. The molecule has 0 unspecified atom stereocenters. The van der Waals surface area contributed by atoms with Gasteiger partial charge in [0.15, 0.2) is 5.69 Å². The fourth-order valence-electron chi connectivity index (χ4n) is 2.26. The van der Waals surface area contributed by atoms with E-state index in [9.17, 15) is 4.79 Å². The predicted octanol–water partition coefficient (Wildman–Crippen LogP) is 0.554. The van der Waals surface area contributed by atoms with Crippen LogP contribution in [0.25, 0.3) is 0 Å². The summed E-state index contributed by atoms with van der Waals surface area (Å²) in [5.41, 5.74) is 3.27. The molecule has 0 fully saturated rings. The van der Waals surface area contributed by atoms with Crippen LogP contribution < -0.4 is 5.32 Å². The molecule has 1 aliphatic heterocycles. The molecule has 3 heterocycles. The van der Waals surface area contributed by atoms with Crippen molar-refractivity contribution >= 4 is 17.6 Å². The molecule has 0 atom stereocenters. The number of rotatable bonds is 3. The van der Waals surface area contributed by atoms with Crippen LogP contribution in [-0.2, 0) is 19.5 Å². The van der Waals surface area contributed by atoms with E-state index in [1.54, 1.807) is 6.92 Å². The Kier molecular flexibility index (Phi) is 3.89. The lowest BCUT2D eigenvalue weighted by Gasteiger charge is -2.23. The van der Waals surface area contributed by atoms with Gasteiger partial charge in [0.1, 0.15) is 5.82 Å². The number of amides is 1. The lowest BCUT2D eigenvalue weighted by atomic mass is 10.1. The maximum atomic E-state index is 12.0. The second kappa shape index (κ2) is 5.82. The first-order chi connectivity index (χ1) is 10.1. The fraction of sp³-hybridized carbons (Fsp3) is 0.462. The van der Waals surface area contributed by atoms with E-state index in [4.69, 9.17) is 0 Å². The van der Waals surface area contributed by atoms with Gasteiger partial charge in [-0.25, -0.2) is 9.97 Å². The molecule has 2 aromatic rings. The fourth-order valence-corrected chi connectivity index (χ4v) is 2.81. The second-order valence-electron chi connectivity index (χ2n) is 5.13. The van der Waals surface area contributed by atoms with Crippen molar-refractivity contribution in [2.45, 2.75) is 26.4 Å². The molecule has 0 bridgehead atoms. The van der Waals surface area contributed by atoms with Crippen LogP contribution in [0.4, 0.5) is 0 Å². The van der Waals surface area contributed by atoms with E-state index in [1.807, 2.05) is 6.20 Å². The second-order valence-corrected chi connectivity index (χ2v) is 5.66. The molecule has 8 heteroatoms. The number of carbonyl (C=O) groups is 1. The summed E-state index contributed by atoms with van der Waals surface area (Å²) in [6.45, 7) is 3.95. The molecule has 1 aliphatic rings. The van der Waals surface area contributed by atoms with Crippen LogP contribution >= 0.6 is 11.7 Å². The van der Waals surface area contributed by atoms with Gasteiger partial charge in [-0.1, -0.05) is 0 Å². The van der Waals surface area contributed by atoms with Gasteiger partial charge < -0.3 is 10.2 Å². The average Bonchev–Trinajstić information content (AvgIpc) is 2.91. The Balaban J connectivity index is 1.66. The van der Waals surface area contributed by atoms with Crippen LogP contribution in [0.2, 0.25) is 0 Å². The smallest absolute Gasteiger partial charge is 0.273 e. The highest BCUT2D eigenvalue weighted by atomic mass is 32.1. The first-order valence-corrected chi connectivity index (χ1v) is 7.46. The minimum Gasteiger partial charge on any atom is -0.343 e. The van der Waals surface area contributed by atoms with Gasteiger partial charge in [0, 0.05) is 37.0 Å². The van der Waals surface area contributed by atoms with Crippen molar-refractivity contribution in [1.82, 2.24) is 28.9 Å². The van der Waals surface area contributed by atoms with E-state index in [1.165, 1.54) is 5.56 Å². The monoisotopic (exact) mass is 304 g/mol. The largest absolute Gasteiger partial charge is 0.343 e. The van der Waals surface area contributed by atoms with E-state index < -0.39 is 0 Å². The van der Waals surface area contributed by atoms with Gasteiger partial charge in [-0.3, -0.25) is 4.79 Å². The molecule has 7 nitrogen and oxygen atoms in total. The average molecular weight is 304 g/mol. The molecule has 2 aromatic heterocycles. The van der Waals surface area contributed by atoms with Gasteiger partial charge in [-0.15, -0.1) is 0 Å². The lowest BCUT2D eigenvalue weighted by Crippen LogP contribution is -2.29. The Labute approximate surface area is 126 Å². The summed E-state index contributed by atoms with van der Waals surface area (Å²) in [4.78, 5) is 23.1. The molecule has 0 saturated carbocycles. The first-order valence-electron chi connectivity index (χ1n) is 6.73. The molecule has 21 heavy (non-hydrogen) atoms. The van der Waals surface area contributed by atoms with Gasteiger partial charge >= 0.3 is 0 Å². The zero-order valence-electron chi connectivity index (χ0n) is 12.0. The summed E-state index contributed by atoms with van der Waals surface area (Å²) in [5, 5.41) is 2.79. The molecule has 1 amide bonds. The Bertz CT molecular complexity index is 670. The summed E-state index contributed by atoms with van der Waals surface area (Å²) >= 11 is 1.04. The molecule has 0 spiro atoms. The molecule has 0 radical (unpaired) electrons. The van der Waals surface area contributed by atoms with Gasteiger partial charge in [0.25, 0.3) is 5.91 Å². The number of aromatic nitrogens is 4. The lowest BCUT2D eigenvalue weighted by molar-refractivity contribution is 0.0945. The molecule has 110 valence electrons. The SMILES string of the molecule is Cc1nsnc1C(=O)NCc1ncc2c(n1)CCN(C)C2. The quantitative estimate of drug-likeness (QED) is 0.892. The highest BCUT2D eigenvalue weighted by molar-refractivity contribution is 6.99. The van der Waals surface area contributed by atoms with Crippen LogP contribution in [0, 0.1) is 6.92 Å². The van der Waals surface area contributed by atoms with Crippen molar-refractivity contribution in [3.8, 4) is 0 Å². The van der Waals surface area contributed by atoms with E-state index in [2.05, 4.69) is 36.0 Å². The zero-order valence-corrected chi connectivity index (χ0v) is 12.8. The van der Waals surface area contributed by atoms with Crippen molar-refractivity contribution in [3.63, 3.8) is 0 Å². The standard InChI is InChI=1S/C13H16N6OS/c1-8-12(18-21-17-8)13(20)15-6-11-14-5-9-7-19(2)4-3-10(9)16-11/h5H,3-4,6-7H2,1-2H3,(H,15,20). The minimum atomic E-state index is -0.234. The summed E-state index contributed by atoms with van der Waals surface area (Å²) in [7, 11) is 2.08. The summed E-state index contributed by atoms with van der Waals surface area (Å²) in [6.07, 6.45) is 2.78. The van der Waals surface area contributed by atoms with Crippen LogP contribution in [0.15, 0.2) is 6.20 Å². The Morgan fingerprint density at radius 1 is 1.48 bits per heavy atom. The number of nitrogens with one attached hydrogen (secondary N) is 1. The van der Waals surface area contributed by atoms with Crippen molar-refractivity contribution in [1.29, 1.82) is 0 Å². The van der Waals surface area contributed by atoms with Crippen molar-refractivity contribution < 1.29 is 4.79 Å². The topological polar surface area (TPSA) is 83.9 Å². The number of likely N-dealkylation sites (N-methyl/N-ethyl adjacent to an activating group) is 1. The van der Waals surface area contributed by atoms with E-state index in [0.717, 1.165) is 36.9 Å². The summed E-state index contributed by atoms with van der Waals surface area (Å²) in [5.74, 6) is 0.398. The van der Waals surface area contributed by atoms with Crippen molar-refractivity contribution in [2.24, 2.45) is 0 Å². The number of fused-ring (bicyclic) bond motifs is 1. The third-order valence-corrected chi connectivity index (χ3v) is 4.07. The number of nitrogens with zero attached hydrogens (tertiary/aromatic N) is 5. The van der Waals surface area contributed by atoms with E-state index in [-0.39, 0.29) is 5.91 Å². The Morgan fingerprint density at radius 2 is 2.33 bits per heavy atom. The van der Waals surface area contributed by atoms with Crippen molar-refractivity contribution in [3.05, 3.63) is 34.7 Å². The van der Waals surface area contributed by atoms with Gasteiger partial charge in [-0.05, 0) is 14.0 Å². The van der Waals surface area contributed by atoms with Gasteiger partial charge in [0.05, 0.1) is 24.0 Å². The van der Waals surface area contributed by atoms with E-state index in [0.29, 0.717) is 23.8 Å². The molecule has 0 aromatic carbocycles. The van der Waals surface area contributed by atoms with Crippen LogP contribution in [0.1, 0.15) is 33.3 Å². The molecule has 3 rings (SSSR count). The predicted molar refractivity (Wildman–Crippen MR) is 77.9 cm³/mol. The maximum Gasteiger partial charge on any atom is 0.273 e. The normalized spacial score (nSPS) is 14.8. The number of aryl methyl sites for hydroxylation is 1. The third-order valence-electron chi connectivity index (χ3n) is 3.45. The molecule has 0 saturated heterocycles. The van der Waals surface area contributed by atoms with Crippen LogP contribution in [0.5, 0.6) is 0 Å². The first kappa shape index (κ1) is 14.0. The number of hydrogen-bond acceptors (Lipinski definition) is 7. The molecular weight excluding hydrogens is 288 g/mol. The Morgan fingerprint density at radius 3 is 3.10 bits per heavy atom. The maximum absolute atomic E-state index is 12.0. The van der Waals surface area contributed by atoms with E-state index >= 15 is 0 Å². The third kappa shape index (κ3) is 3.06. The summed E-state index contributed by atoms with van der Waals surface area (Å²) < 4.78 is 7.97. The number of carbonyl (C=O) groups excluding carboxylic acids is 1.